The second-order valence-corrected chi connectivity index (χ2v) is 6.80. The van der Waals surface area contributed by atoms with E-state index in [1.807, 2.05) is 37.0 Å². The van der Waals surface area contributed by atoms with Crippen molar-refractivity contribution in [2.24, 2.45) is 7.05 Å². The van der Waals surface area contributed by atoms with Crippen molar-refractivity contribution >= 4 is 11.5 Å². The van der Waals surface area contributed by atoms with Crippen LogP contribution in [0.2, 0.25) is 0 Å². The molecule has 3 aromatic heterocycles. The minimum atomic E-state index is 0.352. The molecule has 0 bridgehead atoms. The van der Waals surface area contributed by atoms with Gasteiger partial charge in [-0.1, -0.05) is 0 Å². The molecule has 0 radical (unpaired) electrons. The molecule has 134 valence electrons. The summed E-state index contributed by atoms with van der Waals surface area (Å²) in [6.45, 7) is 6.05. The summed E-state index contributed by atoms with van der Waals surface area (Å²) in [7, 11) is 1.95. The van der Waals surface area contributed by atoms with Crippen LogP contribution in [-0.2, 0) is 7.05 Å². The second-order valence-electron chi connectivity index (χ2n) is 6.80. The van der Waals surface area contributed by atoms with Gasteiger partial charge < -0.3 is 10.2 Å². The van der Waals surface area contributed by atoms with Crippen LogP contribution >= 0.6 is 0 Å². The molecular formula is C19H23N7. The van der Waals surface area contributed by atoms with E-state index >= 15 is 0 Å². The zero-order valence-corrected chi connectivity index (χ0v) is 15.3. The normalized spacial score (nSPS) is 16.9. The molecule has 0 unspecified atom stereocenters. The van der Waals surface area contributed by atoms with E-state index in [9.17, 15) is 0 Å². The van der Waals surface area contributed by atoms with Gasteiger partial charge in [-0.15, -0.1) is 0 Å². The molecule has 4 heterocycles. The van der Waals surface area contributed by atoms with Gasteiger partial charge >= 0.3 is 0 Å². The van der Waals surface area contributed by atoms with Gasteiger partial charge in [-0.05, 0) is 32.4 Å². The average molecular weight is 349 g/mol. The number of anilines is 2. The van der Waals surface area contributed by atoms with E-state index in [1.165, 1.54) is 5.69 Å². The molecule has 7 heteroatoms. The van der Waals surface area contributed by atoms with Crippen molar-refractivity contribution in [3.05, 3.63) is 48.2 Å². The highest BCUT2D eigenvalue weighted by Crippen LogP contribution is 2.25. The summed E-state index contributed by atoms with van der Waals surface area (Å²) in [5, 5.41) is 7.90. The minimum absolute atomic E-state index is 0.352. The van der Waals surface area contributed by atoms with Crippen molar-refractivity contribution in [2.75, 3.05) is 23.3 Å². The van der Waals surface area contributed by atoms with Gasteiger partial charge in [0.2, 0.25) is 0 Å². The lowest BCUT2D eigenvalue weighted by atomic mass is 10.2. The van der Waals surface area contributed by atoms with Crippen LogP contribution in [0.4, 0.5) is 11.5 Å². The maximum atomic E-state index is 4.77. The zero-order chi connectivity index (χ0) is 18.1. The first-order chi connectivity index (χ1) is 12.6. The third kappa shape index (κ3) is 3.24. The van der Waals surface area contributed by atoms with E-state index in [0.717, 1.165) is 42.1 Å². The highest BCUT2D eigenvalue weighted by atomic mass is 15.3. The predicted octanol–water partition coefficient (Wildman–Crippen LogP) is 2.58. The number of hydrogen-bond donors (Lipinski definition) is 1. The van der Waals surface area contributed by atoms with E-state index in [4.69, 9.17) is 4.98 Å². The van der Waals surface area contributed by atoms with E-state index in [0.29, 0.717) is 11.9 Å². The molecule has 1 atom stereocenters. The highest BCUT2D eigenvalue weighted by molar-refractivity contribution is 5.59. The molecule has 3 aromatic rings. The Morgan fingerprint density at radius 2 is 2.08 bits per heavy atom. The summed E-state index contributed by atoms with van der Waals surface area (Å²) >= 11 is 0. The largest absolute Gasteiger partial charge is 0.367 e. The van der Waals surface area contributed by atoms with E-state index < -0.39 is 0 Å². The molecule has 7 nitrogen and oxygen atoms in total. The molecule has 4 rings (SSSR count). The molecule has 0 saturated carbocycles. The summed E-state index contributed by atoms with van der Waals surface area (Å²) < 4.78 is 1.84. The van der Waals surface area contributed by atoms with Crippen LogP contribution in [0.25, 0.3) is 11.4 Å². The first-order valence-corrected chi connectivity index (χ1v) is 8.86. The topological polar surface area (TPSA) is 71.8 Å². The number of nitrogens with one attached hydrogen (secondary N) is 1. The van der Waals surface area contributed by atoms with Crippen molar-refractivity contribution in [2.45, 2.75) is 26.3 Å². The Labute approximate surface area is 153 Å². The van der Waals surface area contributed by atoms with Crippen molar-refractivity contribution in [3.8, 4) is 11.4 Å². The molecule has 0 spiro atoms. The number of aromatic nitrogens is 5. The molecule has 1 N–H and O–H groups in total. The van der Waals surface area contributed by atoms with Gasteiger partial charge in [-0.3, -0.25) is 9.67 Å². The number of nitrogens with zero attached hydrogens (tertiary/aromatic N) is 6. The Hall–Kier alpha value is -2.96. The second kappa shape index (κ2) is 6.74. The van der Waals surface area contributed by atoms with Crippen molar-refractivity contribution in [1.29, 1.82) is 0 Å². The van der Waals surface area contributed by atoms with Crippen LogP contribution in [0, 0.1) is 13.8 Å². The Kier molecular flexibility index (Phi) is 4.28. The number of rotatable bonds is 4. The van der Waals surface area contributed by atoms with Crippen LogP contribution in [0.5, 0.6) is 0 Å². The molecule has 0 amide bonds. The first kappa shape index (κ1) is 16.5. The van der Waals surface area contributed by atoms with Crippen molar-refractivity contribution in [1.82, 2.24) is 24.7 Å². The lowest BCUT2D eigenvalue weighted by Crippen LogP contribution is -2.26. The molecule has 26 heavy (non-hydrogen) atoms. The number of pyridine rings is 1. The molecular weight excluding hydrogens is 326 g/mol. The molecule has 1 fully saturated rings. The highest BCUT2D eigenvalue weighted by Gasteiger charge is 2.24. The minimum Gasteiger partial charge on any atom is -0.367 e. The molecule has 1 aliphatic rings. The fourth-order valence-corrected chi connectivity index (χ4v) is 3.27. The molecule has 0 aromatic carbocycles. The van der Waals surface area contributed by atoms with Gasteiger partial charge in [-0.25, -0.2) is 9.97 Å². The summed E-state index contributed by atoms with van der Waals surface area (Å²) in [6.07, 6.45) is 8.61. The summed E-state index contributed by atoms with van der Waals surface area (Å²) in [5.74, 6) is 1.63. The van der Waals surface area contributed by atoms with Crippen LogP contribution in [0.1, 0.15) is 17.7 Å². The Bertz CT molecular complexity index is 904. The average Bonchev–Trinajstić information content (AvgIpc) is 3.28. The Balaban J connectivity index is 1.54. The van der Waals surface area contributed by atoms with Gasteiger partial charge in [-0.2, -0.15) is 5.10 Å². The van der Waals surface area contributed by atoms with Crippen LogP contribution in [0.3, 0.4) is 0 Å². The lowest BCUT2D eigenvalue weighted by molar-refractivity contribution is 0.767. The van der Waals surface area contributed by atoms with Crippen LogP contribution in [0.15, 0.2) is 36.9 Å². The molecule has 1 saturated heterocycles. The molecule has 0 aliphatic carbocycles. The Morgan fingerprint density at radius 3 is 2.81 bits per heavy atom. The van der Waals surface area contributed by atoms with E-state index in [1.54, 1.807) is 12.4 Å². The predicted molar refractivity (Wildman–Crippen MR) is 102 cm³/mol. The molecule has 1 aliphatic heterocycles. The first-order valence-electron chi connectivity index (χ1n) is 8.86. The van der Waals surface area contributed by atoms with Gasteiger partial charge in [0.25, 0.3) is 0 Å². The summed E-state index contributed by atoms with van der Waals surface area (Å²) in [4.78, 5) is 15.9. The summed E-state index contributed by atoms with van der Waals surface area (Å²) in [6, 6.07) is 4.24. The monoisotopic (exact) mass is 349 g/mol. The number of hydrogen-bond acceptors (Lipinski definition) is 6. The van der Waals surface area contributed by atoms with Gasteiger partial charge in [0, 0.05) is 61.6 Å². The fourth-order valence-electron chi connectivity index (χ4n) is 3.27. The van der Waals surface area contributed by atoms with Gasteiger partial charge in [0.1, 0.15) is 5.82 Å². The smallest absolute Gasteiger partial charge is 0.163 e. The van der Waals surface area contributed by atoms with Crippen LogP contribution in [-0.4, -0.2) is 43.9 Å². The number of aryl methyl sites for hydroxylation is 2. The van der Waals surface area contributed by atoms with Gasteiger partial charge in [0.05, 0.1) is 11.9 Å². The third-order valence-corrected chi connectivity index (χ3v) is 4.89. The quantitative estimate of drug-likeness (QED) is 0.780. The zero-order valence-electron chi connectivity index (χ0n) is 15.3. The van der Waals surface area contributed by atoms with Gasteiger partial charge in [0.15, 0.2) is 5.82 Å². The maximum Gasteiger partial charge on any atom is 0.163 e. The van der Waals surface area contributed by atoms with E-state index in [-0.39, 0.29) is 0 Å². The van der Waals surface area contributed by atoms with Crippen LogP contribution < -0.4 is 10.2 Å². The third-order valence-electron chi connectivity index (χ3n) is 4.89. The van der Waals surface area contributed by atoms with Crippen molar-refractivity contribution < 1.29 is 0 Å². The fraction of sp³-hybridized carbons (Fsp3) is 0.368. The van der Waals surface area contributed by atoms with Crippen molar-refractivity contribution in [3.63, 3.8) is 0 Å². The Morgan fingerprint density at radius 1 is 1.19 bits per heavy atom. The summed E-state index contributed by atoms with van der Waals surface area (Å²) in [5.41, 5.74) is 4.19. The van der Waals surface area contributed by atoms with E-state index in [2.05, 4.69) is 38.4 Å². The maximum absolute atomic E-state index is 4.77. The standard InChI is InChI=1S/C19H23N7/c1-13-14(2)22-19(15-5-4-7-20-9-15)24-18(13)23-16-6-8-26(11-16)17-10-21-25(3)12-17/h4-5,7,9-10,12,16H,6,8,11H2,1-3H3,(H,22,23,24)/t16-/m1/s1. The lowest BCUT2D eigenvalue weighted by Gasteiger charge is -2.19. The SMILES string of the molecule is Cc1nc(-c2cccnc2)nc(N[C@@H]2CCN(c3cnn(C)c3)C2)c1C.